The van der Waals surface area contributed by atoms with Crippen LogP contribution in [-0.2, 0) is 16.1 Å². The zero-order chi connectivity index (χ0) is 16.8. The molecule has 0 bridgehead atoms. The van der Waals surface area contributed by atoms with Gasteiger partial charge in [0.15, 0.2) is 0 Å². The van der Waals surface area contributed by atoms with Crippen LogP contribution in [0.1, 0.15) is 13.3 Å². The van der Waals surface area contributed by atoms with E-state index in [1.54, 1.807) is 18.1 Å². The molecule has 9 heteroatoms. The highest BCUT2D eigenvalue weighted by Crippen LogP contribution is 2.16. The lowest BCUT2D eigenvalue weighted by Gasteiger charge is -2.34. The number of ether oxygens (including phenoxy) is 1. The van der Waals surface area contributed by atoms with Gasteiger partial charge in [-0.3, -0.25) is 9.59 Å². The minimum Gasteiger partial charge on any atom is -0.374 e. The number of morpholine rings is 1. The van der Waals surface area contributed by atoms with Gasteiger partial charge in [-0.05, 0) is 19.9 Å². The van der Waals surface area contributed by atoms with Crippen LogP contribution in [0.2, 0.25) is 0 Å². The van der Waals surface area contributed by atoms with Crippen LogP contribution in [-0.4, -0.2) is 66.5 Å². The molecular weight excluding hydrogens is 334 g/mol. The van der Waals surface area contributed by atoms with Crippen molar-refractivity contribution in [1.82, 2.24) is 14.7 Å². The molecule has 1 amide bonds. The molecule has 1 unspecified atom stereocenters. The summed E-state index contributed by atoms with van der Waals surface area (Å²) >= 11 is 0. The van der Waals surface area contributed by atoms with E-state index in [4.69, 9.17) is 10.5 Å². The first-order chi connectivity index (χ1) is 11.0. The molecule has 0 saturated carbocycles. The smallest absolute Gasteiger partial charge is 0.269 e. The largest absolute Gasteiger partial charge is 0.374 e. The van der Waals surface area contributed by atoms with Crippen molar-refractivity contribution >= 4 is 24.0 Å². The second-order valence-corrected chi connectivity index (χ2v) is 5.63. The zero-order valence-corrected chi connectivity index (χ0v) is 15.0. The van der Waals surface area contributed by atoms with Crippen molar-refractivity contribution in [2.75, 3.05) is 44.7 Å². The van der Waals surface area contributed by atoms with Crippen molar-refractivity contribution in [3.63, 3.8) is 0 Å². The predicted octanol–water partition coefficient (Wildman–Crippen LogP) is -0.303. The van der Waals surface area contributed by atoms with Crippen molar-refractivity contribution in [3.8, 4) is 0 Å². The molecule has 2 N–H and O–H groups in total. The lowest BCUT2D eigenvalue weighted by molar-refractivity contribution is -0.130. The van der Waals surface area contributed by atoms with Crippen molar-refractivity contribution in [2.45, 2.75) is 26.0 Å². The van der Waals surface area contributed by atoms with Gasteiger partial charge in [-0.1, -0.05) is 0 Å². The quantitative estimate of drug-likeness (QED) is 0.749. The third-order valence-corrected chi connectivity index (χ3v) is 4.03. The summed E-state index contributed by atoms with van der Waals surface area (Å²) in [4.78, 5) is 27.7. The number of hydrogen-bond donors (Lipinski definition) is 1. The van der Waals surface area contributed by atoms with E-state index in [9.17, 15) is 9.59 Å². The summed E-state index contributed by atoms with van der Waals surface area (Å²) in [5, 5.41) is 4.13. The maximum Gasteiger partial charge on any atom is 0.269 e. The molecule has 0 radical (unpaired) electrons. The van der Waals surface area contributed by atoms with Gasteiger partial charge in [-0.25, -0.2) is 4.68 Å². The van der Waals surface area contributed by atoms with Crippen LogP contribution in [0.3, 0.4) is 0 Å². The Kier molecular flexibility index (Phi) is 8.17. The molecule has 1 aromatic heterocycles. The Balaban J connectivity index is 0.00000288. The number of nitrogens with zero attached hydrogens (tertiary/aromatic N) is 4. The van der Waals surface area contributed by atoms with Gasteiger partial charge in [-0.15, -0.1) is 12.4 Å². The van der Waals surface area contributed by atoms with Crippen molar-refractivity contribution < 1.29 is 9.53 Å². The first-order valence-corrected chi connectivity index (χ1v) is 7.93. The molecular formula is C15H26ClN5O3. The third-order valence-electron chi connectivity index (χ3n) is 4.03. The van der Waals surface area contributed by atoms with E-state index in [0.717, 1.165) is 12.1 Å². The fraction of sp³-hybridized carbons (Fsp3) is 0.667. The van der Waals surface area contributed by atoms with Crippen molar-refractivity contribution in [1.29, 1.82) is 0 Å². The van der Waals surface area contributed by atoms with Crippen LogP contribution in [0.15, 0.2) is 17.1 Å². The van der Waals surface area contributed by atoms with Gasteiger partial charge in [0, 0.05) is 32.7 Å². The third kappa shape index (κ3) is 5.19. The number of nitrogens with two attached hydrogens (primary N) is 1. The second-order valence-electron chi connectivity index (χ2n) is 5.63. The number of aromatic nitrogens is 2. The number of carbonyl (C=O) groups excluding carboxylic acids is 1. The molecule has 1 aromatic rings. The highest BCUT2D eigenvalue weighted by molar-refractivity contribution is 5.85. The highest BCUT2D eigenvalue weighted by atomic mass is 35.5. The standard InChI is InChI=1S/C15H25N5O3.ClH/c1-3-18(2)15(22)11-20-14(21)8-12(9-17-20)19-6-7-23-13(10-19)4-5-16;/h8-9,13H,3-7,10-11,16H2,1-2H3;1H. The van der Waals surface area contributed by atoms with E-state index in [2.05, 4.69) is 10.00 Å². The first-order valence-electron chi connectivity index (χ1n) is 7.93. The number of halogens is 1. The van der Waals surface area contributed by atoms with Crippen LogP contribution in [0.5, 0.6) is 0 Å². The molecule has 1 fully saturated rings. The van der Waals surface area contributed by atoms with Crippen LogP contribution >= 0.6 is 12.4 Å². The average molecular weight is 360 g/mol. The molecule has 2 heterocycles. The summed E-state index contributed by atoms with van der Waals surface area (Å²) in [5.41, 5.74) is 6.05. The zero-order valence-electron chi connectivity index (χ0n) is 14.2. The SMILES string of the molecule is CCN(C)C(=O)Cn1ncc(N2CCOC(CCN)C2)cc1=O.Cl. The van der Waals surface area contributed by atoms with Gasteiger partial charge in [0.2, 0.25) is 5.91 Å². The molecule has 1 atom stereocenters. The topological polar surface area (TPSA) is 93.7 Å². The van der Waals surface area contributed by atoms with E-state index < -0.39 is 0 Å². The monoisotopic (exact) mass is 359 g/mol. The Labute approximate surface area is 148 Å². The highest BCUT2D eigenvalue weighted by Gasteiger charge is 2.21. The van der Waals surface area contributed by atoms with Crippen LogP contribution in [0, 0.1) is 0 Å². The maximum atomic E-state index is 12.2. The van der Waals surface area contributed by atoms with Crippen LogP contribution in [0.25, 0.3) is 0 Å². The molecule has 0 aromatic carbocycles. The van der Waals surface area contributed by atoms with Gasteiger partial charge >= 0.3 is 0 Å². The Morgan fingerprint density at radius 1 is 1.54 bits per heavy atom. The number of anilines is 1. The van der Waals surface area contributed by atoms with Crippen molar-refractivity contribution in [2.24, 2.45) is 5.73 Å². The number of rotatable bonds is 6. The summed E-state index contributed by atoms with van der Waals surface area (Å²) in [6.45, 7) is 5.03. The van der Waals surface area contributed by atoms with Crippen LogP contribution < -0.4 is 16.2 Å². The van der Waals surface area contributed by atoms with Gasteiger partial charge in [0.25, 0.3) is 5.56 Å². The number of amides is 1. The summed E-state index contributed by atoms with van der Waals surface area (Å²) in [6.07, 6.45) is 2.50. The molecule has 1 aliphatic heterocycles. The minimum absolute atomic E-state index is 0. The molecule has 136 valence electrons. The number of hydrogen-bond acceptors (Lipinski definition) is 6. The molecule has 1 saturated heterocycles. The Bertz CT molecular complexity index is 593. The Morgan fingerprint density at radius 2 is 2.29 bits per heavy atom. The molecule has 1 aliphatic rings. The number of carbonyl (C=O) groups is 1. The average Bonchev–Trinajstić information content (AvgIpc) is 2.56. The second kappa shape index (κ2) is 9.61. The van der Waals surface area contributed by atoms with E-state index in [1.165, 1.54) is 10.7 Å². The summed E-state index contributed by atoms with van der Waals surface area (Å²) in [7, 11) is 1.70. The first kappa shape index (κ1) is 20.4. The molecule has 2 rings (SSSR count). The van der Waals surface area contributed by atoms with Crippen molar-refractivity contribution in [3.05, 3.63) is 22.6 Å². The Morgan fingerprint density at radius 3 is 2.92 bits per heavy atom. The maximum absolute atomic E-state index is 12.2. The molecule has 8 nitrogen and oxygen atoms in total. The summed E-state index contributed by atoms with van der Waals surface area (Å²) in [5.74, 6) is -0.135. The summed E-state index contributed by atoms with van der Waals surface area (Å²) in [6, 6.07) is 1.52. The normalized spacial score (nSPS) is 17.3. The van der Waals surface area contributed by atoms with Gasteiger partial charge in [0.05, 0.1) is 24.6 Å². The predicted molar refractivity (Wildman–Crippen MR) is 94.7 cm³/mol. The minimum atomic E-state index is -0.276. The fourth-order valence-electron chi connectivity index (χ4n) is 2.46. The number of likely N-dealkylation sites (N-methyl/N-ethyl adjacent to an activating group) is 1. The van der Waals surface area contributed by atoms with Gasteiger partial charge in [-0.2, -0.15) is 5.10 Å². The lowest BCUT2D eigenvalue weighted by atomic mass is 10.2. The van der Waals surface area contributed by atoms with E-state index in [1.807, 2.05) is 6.92 Å². The van der Waals surface area contributed by atoms with Gasteiger partial charge in [0.1, 0.15) is 6.54 Å². The Hall–Kier alpha value is -1.64. The van der Waals surface area contributed by atoms with E-state index >= 15 is 0 Å². The van der Waals surface area contributed by atoms with Gasteiger partial charge < -0.3 is 20.3 Å². The molecule has 0 spiro atoms. The van der Waals surface area contributed by atoms with Crippen LogP contribution in [0.4, 0.5) is 5.69 Å². The lowest BCUT2D eigenvalue weighted by Crippen LogP contribution is -2.44. The van der Waals surface area contributed by atoms with E-state index in [0.29, 0.717) is 32.8 Å². The molecule has 0 aliphatic carbocycles. The fourth-order valence-corrected chi connectivity index (χ4v) is 2.46. The van der Waals surface area contributed by atoms with E-state index in [-0.39, 0.29) is 36.5 Å². The summed E-state index contributed by atoms with van der Waals surface area (Å²) < 4.78 is 6.83. The molecule has 24 heavy (non-hydrogen) atoms.